The fourth-order valence-corrected chi connectivity index (χ4v) is 8.11. The van der Waals surface area contributed by atoms with Gasteiger partial charge < -0.3 is 14.4 Å². The Morgan fingerprint density at radius 2 is 1.91 bits per heavy atom. The van der Waals surface area contributed by atoms with Crippen molar-refractivity contribution in [3.05, 3.63) is 67.6 Å². The topological polar surface area (TPSA) is 65.8 Å². The van der Waals surface area contributed by atoms with Crippen molar-refractivity contribution in [3.8, 4) is 6.07 Å². The lowest BCUT2D eigenvalue weighted by Gasteiger charge is -2.41. The first-order chi connectivity index (χ1) is 20.4. The predicted octanol–water partition coefficient (Wildman–Crippen LogP) is 6.95. The molecular formula is C34H42ClFIN3O3. The van der Waals surface area contributed by atoms with Gasteiger partial charge in [-0.3, -0.25) is 9.69 Å². The second-order valence-electron chi connectivity index (χ2n) is 13.3. The van der Waals surface area contributed by atoms with Crippen LogP contribution in [0, 0.1) is 32.1 Å². The van der Waals surface area contributed by atoms with E-state index in [0.717, 1.165) is 58.5 Å². The van der Waals surface area contributed by atoms with E-state index in [1.807, 2.05) is 44.7 Å². The maximum atomic E-state index is 14.3. The third kappa shape index (κ3) is 6.48. The molecule has 1 spiro atoms. The molecule has 4 saturated heterocycles. The summed E-state index contributed by atoms with van der Waals surface area (Å²) < 4.78 is 27.3. The van der Waals surface area contributed by atoms with E-state index >= 15 is 0 Å². The maximum Gasteiger partial charge on any atom is 0.227 e. The van der Waals surface area contributed by atoms with Gasteiger partial charge in [0.1, 0.15) is 11.9 Å². The largest absolute Gasteiger partial charge is 0.381 e. The van der Waals surface area contributed by atoms with Crippen LogP contribution in [0.1, 0.15) is 64.9 Å². The van der Waals surface area contributed by atoms with E-state index in [9.17, 15) is 14.4 Å². The highest BCUT2D eigenvalue weighted by Crippen LogP contribution is 2.51. The molecule has 1 unspecified atom stereocenters. The molecule has 9 heteroatoms. The van der Waals surface area contributed by atoms with Gasteiger partial charge in [0, 0.05) is 60.0 Å². The standard InChI is InChI=1S/C34H42ClFIN3O3/c1-21(2)29(35)17-26-22(3)34(43-31(26)33(4,5)20-38)10-12-39(13-11-34)32(41)28-19-40(24-8-14-42-15-9-24)18-27(28)25-7-6-23(36)16-30(25)37/h6-7,16-17,24,27-28,31H,3,8-15,18-19H2,1-2,4-5H3/b26-17+/t27-,28+,31?/m0/s1. The van der Waals surface area contributed by atoms with Crippen molar-refractivity contribution in [3.63, 3.8) is 0 Å². The minimum absolute atomic E-state index is 0.00187. The number of ether oxygens (including phenoxy) is 2. The van der Waals surface area contributed by atoms with Crippen LogP contribution in [0.5, 0.6) is 0 Å². The normalized spacial score (nSPS) is 27.6. The van der Waals surface area contributed by atoms with Crippen LogP contribution in [-0.2, 0) is 14.3 Å². The van der Waals surface area contributed by atoms with Crippen molar-refractivity contribution in [2.45, 2.75) is 77.0 Å². The zero-order valence-electron chi connectivity index (χ0n) is 25.6. The monoisotopic (exact) mass is 721 g/mol. The third-order valence-corrected chi connectivity index (χ3v) is 11.3. The predicted molar refractivity (Wildman–Crippen MR) is 175 cm³/mol. The molecule has 1 aromatic rings. The fourth-order valence-electron chi connectivity index (χ4n) is 7.11. The van der Waals surface area contributed by atoms with Crippen LogP contribution >= 0.6 is 34.2 Å². The lowest BCUT2D eigenvalue weighted by molar-refractivity contribution is -0.141. The van der Waals surface area contributed by atoms with E-state index < -0.39 is 17.1 Å². The van der Waals surface area contributed by atoms with E-state index in [-0.39, 0.29) is 23.6 Å². The van der Waals surface area contributed by atoms with Crippen molar-refractivity contribution >= 4 is 40.1 Å². The molecule has 5 rings (SSSR count). The van der Waals surface area contributed by atoms with Gasteiger partial charge >= 0.3 is 0 Å². The number of nitriles is 1. The highest BCUT2D eigenvalue weighted by Gasteiger charge is 2.54. The van der Waals surface area contributed by atoms with Gasteiger partial charge in [-0.1, -0.05) is 29.8 Å². The summed E-state index contributed by atoms with van der Waals surface area (Å²) in [5, 5.41) is 10.6. The lowest BCUT2D eigenvalue weighted by Crippen LogP contribution is -2.50. The molecule has 3 atom stereocenters. The Bertz CT molecular complexity index is 1370. The summed E-state index contributed by atoms with van der Waals surface area (Å²) in [5.74, 6) is -0.320. The number of likely N-dealkylation sites (tertiary alicyclic amines) is 2. The summed E-state index contributed by atoms with van der Waals surface area (Å²) in [4.78, 5) is 18.7. The van der Waals surface area contributed by atoms with Crippen LogP contribution in [-0.4, -0.2) is 72.8 Å². The molecule has 6 nitrogen and oxygen atoms in total. The van der Waals surface area contributed by atoms with Crippen molar-refractivity contribution in [1.29, 1.82) is 5.26 Å². The van der Waals surface area contributed by atoms with E-state index in [0.29, 0.717) is 43.6 Å². The van der Waals surface area contributed by atoms with Gasteiger partial charge in [-0.05, 0) is 111 Å². The Kier molecular flexibility index (Phi) is 9.80. The number of benzene rings is 1. The molecule has 0 radical (unpaired) electrons. The molecule has 4 aliphatic rings. The van der Waals surface area contributed by atoms with Crippen LogP contribution in [0.3, 0.4) is 0 Å². The molecule has 1 amide bonds. The van der Waals surface area contributed by atoms with Crippen molar-refractivity contribution in [2.75, 3.05) is 39.4 Å². The summed E-state index contributed by atoms with van der Waals surface area (Å²) in [6.45, 7) is 16.2. The summed E-state index contributed by atoms with van der Waals surface area (Å²) in [6, 6.07) is 7.74. The summed E-state index contributed by atoms with van der Waals surface area (Å²) >= 11 is 8.78. The molecule has 0 saturated carbocycles. The Hall–Kier alpha value is -1.77. The number of nitrogens with zero attached hydrogens (tertiary/aromatic N) is 3. The molecule has 1 aromatic carbocycles. The first-order valence-corrected chi connectivity index (χ1v) is 16.7. The van der Waals surface area contributed by atoms with Crippen molar-refractivity contribution in [1.82, 2.24) is 9.80 Å². The molecule has 232 valence electrons. The molecule has 0 aliphatic carbocycles. The van der Waals surface area contributed by atoms with Gasteiger partial charge in [0.2, 0.25) is 5.91 Å². The average Bonchev–Trinajstić information content (AvgIpc) is 3.54. The van der Waals surface area contributed by atoms with E-state index in [1.54, 1.807) is 6.07 Å². The number of hydrogen-bond donors (Lipinski definition) is 0. The summed E-state index contributed by atoms with van der Waals surface area (Å²) in [5.41, 5.74) is 2.33. The smallest absolute Gasteiger partial charge is 0.227 e. The molecule has 4 heterocycles. The summed E-state index contributed by atoms with van der Waals surface area (Å²) in [6.07, 6.45) is 4.59. The lowest BCUT2D eigenvalue weighted by atomic mass is 9.78. The third-order valence-electron chi connectivity index (χ3n) is 9.85. The Labute approximate surface area is 274 Å². The van der Waals surface area contributed by atoms with Gasteiger partial charge in [-0.2, -0.15) is 5.26 Å². The fraction of sp³-hybridized carbons (Fsp3) is 0.588. The first-order valence-electron chi connectivity index (χ1n) is 15.3. The molecule has 0 N–H and O–H groups in total. The minimum Gasteiger partial charge on any atom is -0.381 e. The van der Waals surface area contributed by atoms with Gasteiger partial charge in [0.05, 0.1) is 23.0 Å². The van der Waals surface area contributed by atoms with Crippen LogP contribution in [0.4, 0.5) is 4.39 Å². The zero-order valence-corrected chi connectivity index (χ0v) is 28.5. The first kappa shape index (κ1) is 32.6. The van der Waals surface area contributed by atoms with Crippen LogP contribution < -0.4 is 0 Å². The second kappa shape index (κ2) is 12.9. The second-order valence-corrected chi connectivity index (χ2v) is 14.8. The number of halogens is 3. The molecule has 4 fully saturated rings. The zero-order chi connectivity index (χ0) is 31.1. The van der Waals surface area contributed by atoms with Crippen LogP contribution in [0.25, 0.3) is 0 Å². The number of hydrogen-bond acceptors (Lipinski definition) is 5. The number of rotatable bonds is 5. The number of piperidine rings is 1. The van der Waals surface area contributed by atoms with Gasteiger partial charge in [0.15, 0.2) is 0 Å². The minimum atomic E-state index is -0.777. The molecule has 4 aliphatic heterocycles. The van der Waals surface area contributed by atoms with Crippen LogP contribution in [0.15, 0.2) is 52.6 Å². The van der Waals surface area contributed by atoms with Gasteiger partial charge in [-0.15, -0.1) is 0 Å². The van der Waals surface area contributed by atoms with Crippen molar-refractivity contribution in [2.24, 2.45) is 11.3 Å². The quantitative estimate of drug-likeness (QED) is 0.308. The number of carbonyl (C=O) groups is 1. The van der Waals surface area contributed by atoms with E-state index in [4.69, 9.17) is 21.1 Å². The molecule has 43 heavy (non-hydrogen) atoms. The van der Waals surface area contributed by atoms with E-state index in [1.165, 1.54) is 6.07 Å². The average molecular weight is 722 g/mol. The highest BCUT2D eigenvalue weighted by atomic mass is 127. The highest BCUT2D eigenvalue weighted by molar-refractivity contribution is 14.1. The van der Waals surface area contributed by atoms with E-state index in [2.05, 4.69) is 40.1 Å². The number of amides is 1. The Balaban J connectivity index is 1.37. The maximum absolute atomic E-state index is 14.3. The van der Waals surface area contributed by atoms with Crippen LogP contribution in [0.2, 0.25) is 0 Å². The summed E-state index contributed by atoms with van der Waals surface area (Å²) in [7, 11) is 0. The molecule has 0 aromatic heterocycles. The van der Waals surface area contributed by atoms with Crippen molar-refractivity contribution < 1.29 is 18.7 Å². The number of allylic oxidation sites excluding steroid dienone is 3. The Morgan fingerprint density at radius 1 is 1.23 bits per heavy atom. The molecular weight excluding hydrogens is 680 g/mol. The SMILES string of the molecule is C=C1/C(=C\C(Cl)=C(C)C)C(C(C)(C)C#N)OC12CCN(C(=O)[C@@H]1CN(C3CCOCC3)C[C@H]1c1ccc(F)cc1I)CC2. The Morgan fingerprint density at radius 3 is 2.51 bits per heavy atom. The van der Waals surface area contributed by atoms with Gasteiger partial charge in [0.25, 0.3) is 0 Å². The number of carbonyl (C=O) groups excluding carboxylic acids is 1. The molecule has 0 bridgehead atoms. The van der Waals surface area contributed by atoms with Gasteiger partial charge in [-0.25, -0.2) is 4.39 Å².